The lowest BCUT2D eigenvalue weighted by Gasteiger charge is -2.30. The maximum atomic E-state index is 13.2. The Morgan fingerprint density at radius 2 is 1.81 bits per heavy atom. The van der Waals surface area contributed by atoms with Crippen LogP contribution in [0.25, 0.3) is 0 Å². The number of ether oxygens (including phenoxy) is 1. The molecule has 0 aliphatic carbocycles. The molecule has 0 fully saturated rings. The molecule has 0 saturated carbocycles. The van der Waals surface area contributed by atoms with Gasteiger partial charge in [0.25, 0.3) is 15.9 Å². The average Bonchev–Trinajstić information content (AvgIpc) is 2.77. The molecule has 0 spiro atoms. The van der Waals surface area contributed by atoms with Crippen LogP contribution in [0.4, 0.5) is 11.4 Å². The number of nitrogens with zero attached hydrogens (tertiary/aromatic N) is 1. The Balaban J connectivity index is 1.42. The van der Waals surface area contributed by atoms with Gasteiger partial charge in [0, 0.05) is 17.3 Å². The van der Waals surface area contributed by atoms with E-state index in [0.29, 0.717) is 23.0 Å². The summed E-state index contributed by atoms with van der Waals surface area (Å²) >= 11 is 5.90. The minimum Gasteiger partial charge on any atom is -0.484 e. The van der Waals surface area contributed by atoms with Crippen LogP contribution < -0.4 is 14.4 Å². The molecule has 0 unspecified atom stereocenters. The van der Waals surface area contributed by atoms with Crippen molar-refractivity contribution < 1.29 is 17.9 Å². The fourth-order valence-electron chi connectivity index (χ4n) is 3.50. The summed E-state index contributed by atoms with van der Waals surface area (Å²) in [5, 5.41) is 3.21. The third-order valence-electron chi connectivity index (χ3n) is 4.96. The number of rotatable bonds is 6. The van der Waals surface area contributed by atoms with Crippen molar-refractivity contribution in [1.82, 2.24) is 0 Å². The van der Waals surface area contributed by atoms with Crippen molar-refractivity contribution in [2.75, 3.05) is 22.8 Å². The van der Waals surface area contributed by atoms with Gasteiger partial charge >= 0.3 is 0 Å². The first-order valence-electron chi connectivity index (χ1n) is 9.82. The first kappa shape index (κ1) is 21.2. The maximum absolute atomic E-state index is 13.2. The quantitative estimate of drug-likeness (QED) is 0.592. The summed E-state index contributed by atoms with van der Waals surface area (Å²) in [6.07, 6.45) is 1.64. The molecule has 0 atom stereocenters. The van der Waals surface area contributed by atoms with E-state index in [1.165, 1.54) is 16.4 Å². The average molecular weight is 457 g/mol. The highest BCUT2D eigenvalue weighted by Gasteiger charge is 2.28. The van der Waals surface area contributed by atoms with Gasteiger partial charge in [-0.25, -0.2) is 8.42 Å². The molecule has 1 heterocycles. The standard InChI is InChI=1S/C23H21ClN2O4S/c24-18-7-3-8-19(15-18)25-23(27)16-30-20-10-12-21(13-11-20)31(28,29)26-14-4-6-17-5-1-2-9-22(17)26/h1-3,5,7-13,15H,4,6,14,16H2,(H,25,27). The number of para-hydroxylation sites is 1. The highest BCUT2D eigenvalue weighted by atomic mass is 35.5. The molecule has 3 aromatic carbocycles. The van der Waals surface area contributed by atoms with Crippen molar-refractivity contribution in [3.63, 3.8) is 0 Å². The van der Waals surface area contributed by atoms with Crippen molar-refractivity contribution in [2.45, 2.75) is 17.7 Å². The van der Waals surface area contributed by atoms with Gasteiger partial charge in [-0.05, 0) is 66.9 Å². The van der Waals surface area contributed by atoms with Crippen LogP contribution in [0.15, 0.2) is 77.7 Å². The predicted octanol–water partition coefficient (Wildman–Crippen LogP) is 4.50. The molecule has 1 N–H and O–H groups in total. The van der Waals surface area contributed by atoms with Gasteiger partial charge < -0.3 is 10.1 Å². The first-order valence-corrected chi connectivity index (χ1v) is 11.6. The zero-order valence-corrected chi connectivity index (χ0v) is 18.2. The van der Waals surface area contributed by atoms with Crippen molar-refractivity contribution in [2.24, 2.45) is 0 Å². The number of fused-ring (bicyclic) bond motifs is 1. The first-order chi connectivity index (χ1) is 14.9. The summed E-state index contributed by atoms with van der Waals surface area (Å²) in [5.41, 5.74) is 2.33. The van der Waals surface area contributed by atoms with Gasteiger partial charge in [0.15, 0.2) is 6.61 Å². The van der Waals surface area contributed by atoms with Crippen molar-refractivity contribution >= 4 is 38.9 Å². The van der Waals surface area contributed by atoms with Crippen molar-refractivity contribution in [3.05, 3.63) is 83.4 Å². The molecular weight excluding hydrogens is 436 g/mol. The Kier molecular flexibility index (Phi) is 6.15. The third-order valence-corrected chi connectivity index (χ3v) is 7.02. The lowest BCUT2D eigenvalue weighted by Crippen LogP contribution is -2.35. The van der Waals surface area contributed by atoms with Gasteiger partial charge in [0.1, 0.15) is 5.75 Å². The van der Waals surface area contributed by atoms with Crippen LogP contribution in [-0.2, 0) is 21.2 Å². The van der Waals surface area contributed by atoms with E-state index in [1.54, 1.807) is 36.4 Å². The van der Waals surface area contributed by atoms with Crippen LogP contribution >= 0.6 is 11.6 Å². The second-order valence-electron chi connectivity index (χ2n) is 7.13. The summed E-state index contributed by atoms with van der Waals surface area (Å²) in [4.78, 5) is 12.2. The molecule has 8 heteroatoms. The predicted molar refractivity (Wildman–Crippen MR) is 121 cm³/mol. The van der Waals surface area contributed by atoms with Crippen molar-refractivity contribution in [3.8, 4) is 5.75 Å². The Morgan fingerprint density at radius 1 is 1.03 bits per heavy atom. The lowest BCUT2D eigenvalue weighted by molar-refractivity contribution is -0.118. The molecule has 6 nitrogen and oxygen atoms in total. The minimum atomic E-state index is -3.68. The number of benzene rings is 3. The van der Waals surface area contributed by atoms with E-state index in [2.05, 4.69) is 5.32 Å². The van der Waals surface area contributed by atoms with E-state index < -0.39 is 10.0 Å². The monoisotopic (exact) mass is 456 g/mol. The van der Waals surface area contributed by atoms with Crippen LogP contribution in [0.2, 0.25) is 5.02 Å². The molecule has 1 amide bonds. The number of aryl methyl sites for hydroxylation is 1. The molecule has 3 aromatic rings. The number of anilines is 2. The highest BCUT2D eigenvalue weighted by Crippen LogP contribution is 2.32. The van der Waals surface area contributed by atoms with E-state index in [9.17, 15) is 13.2 Å². The van der Waals surface area contributed by atoms with Crippen LogP contribution in [-0.4, -0.2) is 27.5 Å². The number of nitrogens with one attached hydrogen (secondary N) is 1. The number of hydrogen-bond acceptors (Lipinski definition) is 4. The van der Waals surface area contributed by atoms with E-state index in [0.717, 1.165) is 24.1 Å². The van der Waals surface area contributed by atoms with Crippen LogP contribution in [0, 0.1) is 0 Å². The third kappa shape index (κ3) is 4.84. The topological polar surface area (TPSA) is 75.7 Å². The van der Waals surface area contributed by atoms with E-state index in [-0.39, 0.29) is 17.4 Å². The SMILES string of the molecule is O=C(COc1ccc(S(=O)(=O)N2CCCc3ccccc32)cc1)Nc1cccc(Cl)c1. The largest absolute Gasteiger partial charge is 0.484 e. The lowest BCUT2D eigenvalue weighted by atomic mass is 10.0. The summed E-state index contributed by atoms with van der Waals surface area (Å²) in [7, 11) is -3.68. The molecule has 0 radical (unpaired) electrons. The number of carbonyl (C=O) groups is 1. The number of hydrogen-bond donors (Lipinski definition) is 1. The van der Waals surface area contributed by atoms with Gasteiger partial charge in [-0.2, -0.15) is 0 Å². The zero-order chi connectivity index (χ0) is 21.8. The minimum absolute atomic E-state index is 0.180. The smallest absolute Gasteiger partial charge is 0.264 e. The normalized spacial score (nSPS) is 13.4. The molecule has 160 valence electrons. The summed E-state index contributed by atoms with van der Waals surface area (Å²) in [5.74, 6) is 0.0585. The van der Waals surface area contributed by atoms with Gasteiger partial charge in [0.2, 0.25) is 0 Å². The Labute approximate surface area is 186 Å². The fraction of sp³-hybridized carbons (Fsp3) is 0.174. The second kappa shape index (κ2) is 8.99. The molecule has 4 rings (SSSR count). The van der Waals surface area contributed by atoms with Crippen LogP contribution in [0.1, 0.15) is 12.0 Å². The van der Waals surface area contributed by atoms with Crippen molar-refractivity contribution in [1.29, 1.82) is 0 Å². The Morgan fingerprint density at radius 3 is 2.58 bits per heavy atom. The molecule has 0 saturated heterocycles. The summed E-state index contributed by atoms with van der Waals surface area (Å²) in [6.45, 7) is 0.235. The second-order valence-corrected chi connectivity index (χ2v) is 9.43. The summed E-state index contributed by atoms with van der Waals surface area (Å²) in [6, 6.07) is 20.5. The molecule has 31 heavy (non-hydrogen) atoms. The summed E-state index contributed by atoms with van der Waals surface area (Å²) < 4.78 is 33.3. The van der Waals surface area contributed by atoms with Crippen LogP contribution in [0.3, 0.4) is 0 Å². The number of sulfonamides is 1. The highest BCUT2D eigenvalue weighted by molar-refractivity contribution is 7.92. The van der Waals surface area contributed by atoms with E-state index >= 15 is 0 Å². The fourth-order valence-corrected chi connectivity index (χ4v) is 5.23. The van der Waals surface area contributed by atoms with E-state index in [1.807, 2.05) is 24.3 Å². The van der Waals surface area contributed by atoms with Gasteiger partial charge in [-0.15, -0.1) is 0 Å². The maximum Gasteiger partial charge on any atom is 0.264 e. The van der Waals surface area contributed by atoms with Gasteiger partial charge in [-0.1, -0.05) is 35.9 Å². The molecule has 1 aliphatic rings. The van der Waals surface area contributed by atoms with E-state index in [4.69, 9.17) is 16.3 Å². The zero-order valence-electron chi connectivity index (χ0n) is 16.6. The molecule has 1 aliphatic heterocycles. The Hall–Kier alpha value is -3.03. The number of halogens is 1. The molecule has 0 bridgehead atoms. The number of carbonyl (C=O) groups excluding carboxylic acids is 1. The van der Waals surface area contributed by atoms with Gasteiger partial charge in [0.05, 0.1) is 10.6 Å². The molecule has 0 aromatic heterocycles. The molecular formula is C23H21ClN2O4S. The van der Waals surface area contributed by atoms with Gasteiger partial charge in [-0.3, -0.25) is 9.10 Å². The van der Waals surface area contributed by atoms with Crippen LogP contribution in [0.5, 0.6) is 5.75 Å². The Bertz CT molecular complexity index is 1200. The number of amides is 1.